The van der Waals surface area contributed by atoms with Crippen LogP contribution >= 0.6 is 0 Å². The van der Waals surface area contributed by atoms with Crippen molar-refractivity contribution >= 4 is 16.4 Å². The van der Waals surface area contributed by atoms with E-state index in [9.17, 15) is 8.42 Å². The summed E-state index contributed by atoms with van der Waals surface area (Å²) in [6, 6.07) is 5.22. The molecule has 5 nitrogen and oxygen atoms in total. The Kier molecular flexibility index (Phi) is 5.51. The molecular weight excluding hydrogens is 254 g/mol. The number of hydrogen-bond acceptors (Lipinski definition) is 5. The highest BCUT2D eigenvalue weighted by molar-refractivity contribution is 7.72. The van der Waals surface area contributed by atoms with Crippen LogP contribution in [0.15, 0.2) is 24.3 Å². The van der Waals surface area contributed by atoms with Gasteiger partial charge in [0.1, 0.15) is 10.7 Å². The van der Waals surface area contributed by atoms with E-state index in [1.807, 2.05) is 6.92 Å². The summed E-state index contributed by atoms with van der Waals surface area (Å²) in [5.74, 6) is 1.13. The first-order chi connectivity index (χ1) is 8.58. The molecule has 0 aliphatic rings. The van der Waals surface area contributed by atoms with Crippen LogP contribution in [0, 0.1) is 0 Å². The molecule has 0 aromatic heterocycles. The molecule has 0 heterocycles. The van der Waals surface area contributed by atoms with Crippen molar-refractivity contribution in [2.24, 2.45) is 5.73 Å². The van der Waals surface area contributed by atoms with E-state index >= 15 is 0 Å². The number of hydrogen-bond donors (Lipinski definition) is 2. The smallest absolute Gasteiger partial charge is 0.161 e. The normalized spacial score (nSPS) is 11.6. The Labute approximate surface area is 108 Å². The van der Waals surface area contributed by atoms with Crippen LogP contribution < -0.4 is 15.2 Å². The predicted octanol–water partition coefficient (Wildman–Crippen LogP) is 1.00. The number of methoxy groups -OCH3 is 1. The second kappa shape index (κ2) is 6.90. The van der Waals surface area contributed by atoms with Crippen LogP contribution in [0.5, 0.6) is 11.5 Å². The molecule has 6 heteroatoms. The van der Waals surface area contributed by atoms with Crippen LogP contribution in [0.25, 0.3) is 5.70 Å². The van der Waals surface area contributed by atoms with Crippen molar-refractivity contribution < 1.29 is 17.9 Å². The van der Waals surface area contributed by atoms with Gasteiger partial charge in [0.15, 0.2) is 11.5 Å². The van der Waals surface area contributed by atoms with Gasteiger partial charge >= 0.3 is 0 Å². The van der Waals surface area contributed by atoms with Gasteiger partial charge in [-0.15, -0.1) is 0 Å². The molecule has 0 bridgehead atoms. The molecule has 0 aliphatic carbocycles. The molecule has 1 aromatic carbocycles. The van der Waals surface area contributed by atoms with Crippen LogP contribution in [-0.2, 0) is 10.7 Å². The molecule has 0 fully saturated rings. The Morgan fingerprint density at radius 2 is 2.11 bits per heavy atom. The minimum absolute atomic E-state index is 0.0723. The fourth-order valence-corrected chi connectivity index (χ4v) is 1.76. The zero-order chi connectivity index (χ0) is 13.5. The molecule has 0 saturated heterocycles. The van der Waals surface area contributed by atoms with E-state index in [-0.39, 0.29) is 5.75 Å². The lowest BCUT2D eigenvalue weighted by molar-refractivity contribution is 0.311. The van der Waals surface area contributed by atoms with E-state index in [1.54, 1.807) is 25.3 Å². The van der Waals surface area contributed by atoms with Gasteiger partial charge in [0, 0.05) is 11.3 Å². The first-order valence-electron chi connectivity index (χ1n) is 5.47. The van der Waals surface area contributed by atoms with Crippen molar-refractivity contribution in [2.45, 2.75) is 6.92 Å². The number of nitrogens with two attached hydrogens (primary N) is 1. The van der Waals surface area contributed by atoms with Gasteiger partial charge < -0.3 is 15.2 Å². The summed E-state index contributed by atoms with van der Waals surface area (Å²) in [5.41, 5.74) is 6.90. The quantitative estimate of drug-likeness (QED) is 0.755. The van der Waals surface area contributed by atoms with Gasteiger partial charge in [-0.1, -0.05) is 0 Å². The summed E-state index contributed by atoms with van der Waals surface area (Å²) >= 11 is 0. The fourth-order valence-electron chi connectivity index (χ4n) is 1.42. The lowest BCUT2D eigenvalue weighted by atomic mass is 10.1. The average molecular weight is 271 g/mol. The molecule has 100 valence electrons. The van der Waals surface area contributed by atoms with Gasteiger partial charge in [0.25, 0.3) is 0 Å². The molecule has 1 aromatic rings. The zero-order valence-electron chi connectivity index (χ0n) is 10.4. The third kappa shape index (κ3) is 3.96. The average Bonchev–Trinajstić information content (AvgIpc) is 2.36. The summed E-state index contributed by atoms with van der Waals surface area (Å²) in [7, 11) is -0.905. The van der Waals surface area contributed by atoms with Gasteiger partial charge in [-0.05, 0) is 31.2 Å². The molecule has 0 atom stereocenters. The maximum Gasteiger partial charge on any atom is 0.161 e. The largest absolute Gasteiger partial charge is 0.493 e. The SMILES string of the molecule is CCOc1cc(/C(N)=C\C[SH](=O)=O)ccc1OC. The lowest BCUT2D eigenvalue weighted by Crippen LogP contribution is -2.01. The van der Waals surface area contributed by atoms with Crippen molar-refractivity contribution in [1.82, 2.24) is 0 Å². The Balaban J connectivity index is 3.03. The second-order valence-corrected chi connectivity index (χ2v) is 4.50. The fraction of sp³-hybridized carbons (Fsp3) is 0.333. The van der Waals surface area contributed by atoms with E-state index in [0.29, 0.717) is 29.4 Å². The minimum atomic E-state index is -2.46. The first kappa shape index (κ1) is 14.4. The summed E-state index contributed by atoms with van der Waals surface area (Å²) in [4.78, 5) is 0. The molecular formula is C12H17NO4S. The topological polar surface area (TPSA) is 78.6 Å². The van der Waals surface area contributed by atoms with Crippen molar-refractivity contribution in [1.29, 1.82) is 0 Å². The minimum Gasteiger partial charge on any atom is -0.493 e. The predicted molar refractivity (Wildman–Crippen MR) is 71.5 cm³/mol. The Hall–Kier alpha value is -1.69. The lowest BCUT2D eigenvalue weighted by Gasteiger charge is -2.11. The standard InChI is InChI=1S/C12H17NO4S/c1-3-17-12-8-9(4-5-11(12)16-2)10(13)6-7-18(14)15/h4-6,8,18H,3,7,13H2,1-2H3/b10-6+. The van der Waals surface area contributed by atoms with Gasteiger partial charge in [-0.2, -0.15) is 0 Å². The monoisotopic (exact) mass is 271 g/mol. The number of rotatable bonds is 6. The molecule has 1 rings (SSSR count). The van der Waals surface area contributed by atoms with Crippen molar-refractivity contribution in [3.63, 3.8) is 0 Å². The van der Waals surface area contributed by atoms with E-state index in [0.717, 1.165) is 0 Å². The van der Waals surface area contributed by atoms with Crippen LogP contribution in [0.4, 0.5) is 0 Å². The summed E-state index contributed by atoms with van der Waals surface area (Å²) < 4.78 is 31.6. The van der Waals surface area contributed by atoms with Crippen LogP contribution in [-0.4, -0.2) is 27.9 Å². The zero-order valence-corrected chi connectivity index (χ0v) is 11.3. The molecule has 0 aliphatic heterocycles. The Bertz CT molecular complexity index is 501. The molecule has 0 spiro atoms. The first-order valence-corrected chi connectivity index (χ1v) is 6.83. The van der Waals surface area contributed by atoms with E-state index in [4.69, 9.17) is 15.2 Å². The van der Waals surface area contributed by atoms with Crippen LogP contribution in [0.2, 0.25) is 0 Å². The number of benzene rings is 1. The maximum absolute atomic E-state index is 10.5. The van der Waals surface area contributed by atoms with Gasteiger partial charge in [0.2, 0.25) is 0 Å². The van der Waals surface area contributed by atoms with Gasteiger partial charge in [0.05, 0.1) is 19.5 Å². The molecule has 18 heavy (non-hydrogen) atoms. The Morgan fingerprint density at radius 1 is 1.39 bits per heavy atom. The van der Waals surface area contributed by atoms with Gasteiger partial charge in [-0.25, -0.2) is 8.42 Å². The third-order valence-corrected chi connectivity index (χ3v) is 2.74. The van der Waals surface area contributed by atoms with Crippen molar-refractivity contribution in [2.75, 3.05) is 19.5 Å². The molecule has 0 unspecified atom stereocenters. The highest BCUT2D eigenvalue weighted by Crippen LogP contribution is 2.29. The highest BCUT2D eigenvalue weighted by Gasteiger charge is 2.06. The van der Waals surface area contributed by atoms with Crippen LogP contribution in [0.1, 0.15) is 12.5 Å². The third-order valence-electron chi connectivity index (χ3n) is 2.26. The van der Waals surface area contributed by atoms with Gasteiger partial charge in [-0.3, -0.25) is 0 Å². The molecule has 0 saturated carbocycles. The van der Waals surface area contributed by atoms with Crippen molar-refractivity contribution in [3.8, 4) is 11.5 Å². The maximum atomic E-state index is 10.5. The number of ether oxygens (including phenoxy) is 2. The summed E-state index contributed by atoms with van der Waals surface area (Å²) in [6.07, 6.45) is 1.46. The molecule has 0 radical (unpaired) electrons. The molecule has 0 amide bonds. The summed E-state index contributed by atoms with van der Waals surface area (Å²) in [5, 5.41) is 0. The van der Waals surface area contributed by atoms with E-state index in [1.165, 1.54) is 6.08 Å². The van der Waals surface area contributed by atoms with Crippen molar-refractivity contribution in [3.05, 3.63) is 29.8 Å². The number of thiol groups is 1. The highest BCUT2D eigenvalue weighted by atomic mass is 32.2. The summed E-state index contributed by atoms with van der Waals surface area (Å²) in [6.45, 7) is 2.38. The van der Waals surface area contributed by atoms with E-state index < -0.39 is 10.7 Å². The Morgan fingerprint density at radius 3 is 2.67 bits per heavy atom. The van der Waals surface area contributed by atoms with Crippen LogP contribution in [0.3, 0.4) is 0 Å². The van der Waals surface area contributed by atoms with E-state index in [2.05, 4.69) is 0 Å². The second-order valence-electron chi connectivity index (χ2n) is 3.47. The molecule has 2 N–H and O–H groups in total.